The average molecular weight is 273 g/mol. The summed E-state index contributed by atoms with van der Waals surface area (Å²) >= 11 is 0. The smallest absolute Gasteiger partial charge is 0.417 e. The molecule has 0 aromatic heterocycles. The molecule has 18 heavy (non-hydrogen) atoms. The van der Waals surface area contributed by atoms with Crippen LogP contribution in [0.2, 0.25) is 0 Å². The Morgan fingerprint density at radius 3 is 2.83 bits per heavy atom. The molecule has 9 nitrogen and oxygen atoms in total. The molecule has 0 aliphatic carbocycles. The summed E-state index contributed by atoms with van der Waals surface area (Å²) in [5, 5.41) is 15.9. The van der Waals surface area contributed by atoms with E-state index >= 15 is 0 Å². The van der Waals surface area contributed by atoms with E-state index in [9.17, 15) is 9.59 Å². The van der Waals surface area contributed by atoms with Crippen molar-refractivity contribution in [2.45, 2.75) is 12.5 Å². The molecule has 0 aromatic carbocycles. The fourth-order valence-corrected chi connectivity index (χ4v) is 1.53. The summed E-state index contributed by atoms with van der Waals surface area (Å²) in [5.74, 6) is -0.164. The number of nitrogens with one attached hydrogen (secondary N) is 4. The highest BCUT2D eigenvalue weighted by Gasteiger charge is 2.16. The standard InChI is InChI=1S/C7H13BN5O4P/c8-13-18-17-7(16)12-5(11-6(14)15)10-4-1-2-9-3-4/h4,9,13,18H,1-3H2,(H,14,15)(H2,10,11,12,16)/t4-/m0/s1. The second-order valence-corrected chi connectivity index (χ2v) is 4.01. The fraction of sp³-hybridized carbons (Fsp3) is 0.571. The van der Waals surface area contributed by atoms with E-state index in [2.05, 4.69) is 25.1 Å². The van der Waals surface area contributed by atoms with Crippen molar-refractivity contribution in [1.82, 2.24) is 20.9 Å². The first kappa shape index (κ1) is 14.7. The number of carbonyl (C=O) groups excluding carboxylic acids is 1. The Balaban J connectivity index is 2.53. The van der Waals surface area contributed by atoms with Gasteiger partial charge in [-0.1, -0.05) is 0 Å². The van der Waals surface area contributed by atoms with Crippen LogP contribution in [-0.4, -0.2) is 50.4 Å². The largest absolute Gasteiger partial charge is 0.465 e. The number of aliphatic imine (C=N–C) groups is 1. The zero-order valence-corrected chi connectivity index (χ0v) is 10.4. The topological polar surface area (TPSA) is 124 Å². The lowest BCUT2D eigenvalue weighted by atomic mass is 10.3. The van der Waals surface area contributed by atoms with Crippen LogP contribution in [0.3, 0.4) is 0 Å². The minimum Gasteiger partial charge on any atom is -0.465 e. The number of carboxylic acid groups (broad SMARTS) is 1. The molecule has 1 rings (SSSR count). The second-order valence-electron chi connectivity index (χ2n) is 3.32. The monoisotopic (exact) mass is 273 g/mol. The molecule has 1 fully saturated rings. The van der Waals surface area contributed by atoms with Gasteiger partial charge in [0.05, 0.1) is 6.04 Å². The number of hydrogen-bond donors (Lipinski definition) is 5. The summed E-state index contributed by atoms with van der Waals surface area (Å²) in [6, 6.07) is -0.0813. The Hall–Kier alpha value is -1.38. The number of carbonyl (C=O) groups is 2. The quantitative estimate of drug-likeness (QED) is 0.192. The lowest BCUT2D eigenvalue weighted by molar-refractivity contribution is 0.199. The van der Waals surface area contributed by atoms with Crippen LogP contribution in [0, 0.1) is 0 Å². The Labute approximate surface area is 106 Å². The summed E-state index contributed by atoms with van der Waals surface area (Å²) in [4.78, 5) is 28.0. The summed E-state index contributed by atoms with van der Waals surface area (Å²) in [5.41, 5.74) is 0. The zero-order valence-electron chi connectivity index (χ0n) is 9.40. The normalized spacial score (nSPS) is 20.0. The zero-order chi connectivity index (χ0) is 13.4. The average Bonchev–Trinajstić information content (AvgIpc) is 2.78. The molecule has 5 N–H and O–H groups in total. The highest BCUT2D eigenvalue weighted by Crippen LogP contribution is 2.04. The van der Waals surface area contributed by atoms with Gasteiger partial charge in [0.15, 0.2) is 7.98 Å². The summed E-state index contributed by atoms with van der Waals surface area (Å²) in [7, 11) is 4.50. The van der Waals surface area contributed by atoms with Gasteiger partial charge in [-0.2, -0.15) is 0 Å². The fourth-order valence-electron chi connectivity index (χ4n) is 1.33. The van der Waals surface area contributed by atoms with Gasteiger partial charge in [0, 0.05) is 6.54 Å². The van der Waals surface area contributed by atoms with Gasteiger partial charge in [0.1, 0.15) is 8.96 Å². The van der Waals surface area contributed by atoms with Gasteiger partial charge >= 0.3 is 12.2 Å². The van der Waals surface area contributed by atoms with Crippen molar-refractivity contribution in [1.29, 1.82) is 0 Å². The number of nitrogens with zero attached hydrogens (tertiary/aromatic N) is 1. The maximum absolute atomic E-state index is 11.2. The van der Waals surface area contributed by atoms with Crippen LogP contribution in [0.1, 0.15) is 6.42 Å². The Bertz CT molecular complexity index is 336. The minimum atomic E-state index is -1.32. The molecule has 0 bridgehead atoms. The first-order valence-electron chi connectivity index (χ1n) is 5.08. The first-order valence-corrected chi connectivity index (χ1v) is 5.99. The Morgan fingerprint density at radius 1 is 1.50 bits per heavy atom. The minimum absolute atomic E-state index is 0.0813. The molecular formula is C7H13BN5O4P. The summed E-state index contributed by atoms with van der Waals surface area (Å²) < 4.78 is 4.58. The maximum atomic E-state index is 11.2. The number of amides is 2. The molecule has 1 unspecified atom stereocenters. The molecular weight excluding hydrogens is 260 g/mol. The van der Waals surface area contributed by atoms with Crippen LogP contribution in [0.15, 0.2) is 4.99 Å². The van der Waals surface area contributed by atoms with Gasteiger partial charge in [-0.05, 0) is 13.0 Å². The van der Waals surface area contributed by atoms with E-state index in [-0.39, 0.29) is 12.0 Å². The van der Waals surface area contributed by atoms with Crippen LogP contribution in [-0.2, 0) is 4.52 Å². The molecule has 11 heteroatoms. The molecule has 0 saturated carbocycles. The lowest BCUT2D eigenvalue weighted by Crippen LogP contribution is -2.44. The molecule has 1 aliphatic rings. The van der Waals surface area contributed by atoms with Crippen LogP contribution in [0.4, 0.5) is 9.59 Å². The molecule has 2 atom stereocenters. The van der Waals surface area contributed by atoms with Gasteiger partial charge in [-0.3, -0.25) is 10.6 Å². The van der Waals surface area contributed by atoms with E-state index in [0.717, 1.165) is 13.0 Å². The highest BCUT2D eigenvalue weighted by atomic mass is 31.1. The van der Waals surface area contributed by atoms with E-state index in [4.69, 9.17) is 13.1 Å². The molecule has 0 spiro atoms. The van der Waals surface area contributed by atoms with Gasteiger partial charge < -0.3 is 19.9 Å². The van der Waals surface area contributed by atoms with Crippen molar-refractivity contribution in [3.63, 3.8) is 0 Å². The van der Waals surface area contributed by atoms with Gasteiger partial charge in [0.25, 0.3) is 0 Å². The van der Waals surface area contributed by atoms with Crippen molar-refractivity contribution >= 4 is 35.1 Å². The molecule has 98 valence electrons. The van der Waals surface area contributed by atoms with Gasteiger partial charge in [0.2, 0.25) is 5.96 Å². The number of guanidine groups is 1. The van der Waals surface area contributed by atoms with E-state index < -0.39 is 21.1 Å². The first-order chi connectivity index (χ1) is 8.61. The van der Waals surface area contributed by atoms with Crippen LogP contribution in [0.25, 0.3) is 0 Å². The van der Waals surface area contributed by atoms with Crippen LogP contribution >= 0.6 is 8.96 Å². The van der Waals surface area contributed by atoms with E-state index in [1.807, 2.05) is 5.32 Å². The third-order valence-corrected chi connectivity index (χ3v) is 2.40. The van der Waals surface area contributed by atoms with Crippen molar-refractivity contribution in [3.8, 4) is 0 Å². The lowest BCUT2D eigenvalue weighted by Gasteiger charge is -2.10. The third kappa shape index (κ3) is 5.81. The second kappa shape index (κ2) is 7.86. The molecule has 2 radical (unpaired) electrons. The highest BCUT2D eigenvalue weighted by molar-refractivity contribution is 7.32. The van der Waals surface area contributed by atoms with Crippen LogP contribution in [0.5, 0.6) is 0 Å². The Morgan fingerprint density at radius 2 is 2.28 bits per heavy atom. The predicted molar refractivity (Wildman–Crippen MR) is 66.7 cm³/mol. The molecule has 2 amide bonds. The van der Waals surface area contributed by atoms with Crippen molar-refractivity contribution < 1.29 is 19.2 Å². The summed E-state index contributed by atoms with van der Waals surface area (Å²) in [6.07, 6.45) is -1.39. The predicted octanol–water partition coefficient (Wildman–Crippen LogP) is -1.12. The molecule has 1 heterocycles. The number of hydrogen-bond acceptors (Lipinski definition) is 6. The van der Waals surface area contributed by atoms with Gasteiger partial charge in [-0.25, -0.2) is 14.6 Å². The van der Waals surface area contributed by atoms with Gasteiger partial charge in [-0.15, -0.1) is 0 Å². The third-order valence-electron chi connectivity index (χ3n) is 1.99. The molecule has 0 aromatic rings. The Kier molecular flexibility index (Phi) is 6.41. The molecule has 1 aliphatic heterocycles. The van der Waals surface area contributed by atoms with Crippen molar-refractivity contribution in [2.75, 3.05) is 13.1 Å². The maximum Gasteiger partial charge on any atom is 0.417 e. The molecule has 1 saturated heterocycles. The van der Waals surface area contributed by atoms with E-state index in [1.165, 1.54) is 0 Å². The van der Waals surface area contributed by atoms with Crippen molar-refractivity contribution in [3.05, 3.63) is 0 Å². The van der Waals surface area contributed by atoms with E-state index in [0.29, 0.717) is 6.54 Å². The van der Waals surface area contributed by atoms with E-state index in [1.54, 1.807) is 0 Å². The SMILES string of the molecule is [B]NPOC(=O)NC(=N[C@H]1CCNC1)NC(=O)O. The van der Waals surface area contributed by atoms with Crippen LogP contribution < -0.4 is 20.9 Å². The summed E-state index contributed by atoms with van der Waals surface area (Å²) in [6.45, 7) is 1.44. The van der Waals surface area contributed by atoms with Crippen molar-refractivity contribution in [2.24, 2.45) is 4.99 Å². The number of rotatable bonds is 3.